The van der Waals surface area contributed by atoms with Gasteiger partial charge in [-0.1, -0.05) is 13.5 Å². The Bertz CT molecular complexity index is 1300. The minimum absolute atomic E-state index is 0.00731. The second kappa shape index (κ2) is 16.9. The van der Waals surface area contributed by atoms with Gasteiger partial charge in [0.2, 0.25) is 23.9 Å². The van der Waals surface area contributed by atoms with E-state index in [1.165, 1.54) is 23.8 Å². The van der Waals surface area contributed by atoms with Crippen LogP contribution < -0.4 is 26.8 Å². The van der Waals surface area contributed by atoms with Crippen molar-refractivity contribution in [3.63, 3.8) is 0 Å². The first-order chi connectivity index (χ1) is 18.9. The maximum absolute atomic E-state index is 11.9. The fourth-order valence-corrected chi connectivity index (χ4v) is 2.94. The first-order valence-corrected chi connectivity index (χ1v) is 12.4. The minimum atomic E-state index is -0.622. The lowest BCUT2D eigenvalue weighted by Gasteiger charge is -2.11. The van der Waals surface area contributed by atoms with E-state index in [1.807, 2.05) is 6.92 Å². The van der Waals surface area contributed by atoms with E-state index in [2.05, 4.69) is 32.8 Å². The van der Waals surface area contributed by atoms with Crippen molar-refractivity contribution in [2.24, 2.45) is 0 Å². The van der Waals surface area contributed by atoms with Gasteiger partial charge in [-0.2, -0.15) is 0 Å². The number of hydrogen-bond donors (Lipinski definition) is 4. The lowest BCUT2D eigenvalue weighted by molar-refractivity contribution is -0.137. The van der Waals surface area contributed by atoms with E-state index in [0.29, 0.717) is 31.5 Å². The number of likely N-dealkylation sites (N-methyl/N-ethyl adjacent to an activating group) is 1. The Balaban J connectivity index is 0.000000408. The third-order valence-electron chi connectivity index (χ3n) is 5.10. The van der Waals surface area contributed by atoms with Crippen molar-refractivity contribution in [1.29, 1.82) is 0 Å². The summed E-state index contributed by atoms with van der Waals surface area (Å²) in [5.41, 5.74) is 0.291. The number of oxazole rings is 1. The Morgan fingerprint density at radius 3 is 2.48 bits per heavy atom. The van der Waals surface area contributed by atoms with Crippen LogP contribution in [0.2, 0.25) is 0 Å². The van der Waals surface area contributed by atoms with Gasteiger partial charge < -0.3 is 30.3 Å². The third-order valence-corrected chi connectivity index (χ3v) is 5.10. The molecular weight excluding hydrogens is 524 g/mol. The summed E-state index contributed by atoms with van der Waals surface area (Å²) < 4.78 is 6.07. The summed E-state index contributed by atoms with van der Waals surface area (Å²) >= 11 is 0. The minimum Gasteiger partial charge on any atom is -0.441 e. The molecule has 0 radical (unpaired) electrons. The second-order valence-electron chi connectivity index (χ2n) is 8.41. The molecular formula is C26H34N6O8. The van der Waals surface area contributed by atoms with Crippen LogP contribution in [0.15, 0.2) is 46.1 Å². The van der Waals surface area contributed by atoms with Gasteiger partial charge in [-0.25, -0.2) is 4.98 Å². The highest BCUT2D eigenvalue weighted by Gasteiger charge is 2.18. The molecule has 2 rings (SSSR count). The Hall–Kier alpha value is -4.88. The van der Waals surface area contributed by atoms with Crippen molar-refractivity contribution in [2.45, 2.75) is 59.5 Å². The molecule has 2 aromatic rings. The molecule has 0 saturated heterocycles. The van der Waals surface area contributed by atoms with Crippen LogP contribution in [0.4, 0.5) is 5.69 Å². The largest absolute Gasteiger partial charge is 0.441 e. The van der Waals surface area contributed by atoms with Crippen molar-refractivity contribution in [2.75, 3.05) is 11.9 Å². The van der Waals surface area contributed by atoms with E-state index in [1.54, 1.807) is 19.9 Å². The summed E-state index contributed by atoms with van der Waals surface area (Å²) in [4.78, 5) is 83.1. The van der Waals surface area contributed by atoms with Gasteiger partial charge in [-0.05, 0) is 38.8 Å². The molecule has 0 spiro atoms. The number of pyridine rings is 1. The van der Waals surface area contributed by atoms with Gasteiger partial charge in [-0.15, -0.1) is 0 Å². The first-order valence-electron chi connectivity index (χ1n) is 12.4. The number of carbonyl (C=O) groups excluding carboxylic acids is 6. The Kier molecular flexibility index (Phi) is 14.0. The van der Waals surface area contributed by atoms with Crippen LogP contribution in [0, 0.1) is 0 Å². The number of allylic oxidation sites excluding steroid dienone is 1. The van der Waals surface area contributed by atoms with Crippen molar-refractivity contribution < 1.29 is 33.2 Å². The Morgan fingerprint density at radius 1 is 1.20 bits per heavy atom. The van der Waals surface area contributed by atoms with E-state index in [4.69, 9.17) is 4.42 Å². The smallest absolute Gasteiger partial charge is 0.287 e. The van der Waals surface area contributed by atoms with E-state index in [9.17, 15) is 33.6 Å². The number of aromatic nitrogens is 2. The molecule has 4 amide bonds. The Labute approximate surface area is 230 Å². The zero-order valence-electron chi connectivity index (χ0n) is 22.9. The molecule has 2 aromatic heterocycles. The average molecular weight is 559 g/mol. The van der Waals surface area contributed by atoms with Gasteiger partial charge in [0.25, 0.3) is 23.3 Å². The number of ketones is 2. The van der Waals surface area contributed by atoms with E-state index < -0.39 is 23.2 Å². The van der Waals surface area contributed by atoms with Gasteiger partial charge in [0.1, 0.15) is 18.5 Å². The summed E-state index contributed by atoms with van der Waals surface area (Å²) in [6.07, 6.45) is 3.97. The van der Waals surface area contributed by atoms with Crippen LogP contribution >= 0.6 is 0 Å². The van der Waals surface area contributed by atoms with Crippen molar-refractivity contribution in [3.8, 4) is 0 Å². The number of anilines is 1. The number of hydrogen-bond acceptors (Lipinski definition) is 9. The van der Waals surface area contributed by atoms with Gasteiger partial charge in [0.05, 0.1) is 0 Å². The number of carbonyl (C=O) groups is 6. The lowest BCUT2D eigenvalue weighted by atomic mass is 10.1. The number of rotatable bonds is 14. The van der Waals surface area contributed by atoms with Gasteiger partial charge in [-0.3, -0.25) is 33.6 Å². The first kappa shape index (κ1) is 33.1. The maximum Gasteiger partial charge on any atom is 0.287 e. The molecule has 2 heterocycles. The fourth-order valence-electron chi connectivity index (χ4n) is 2.94. The van der Waals surface area contributed by atoms with Crippen LogP contribution in [-0.2, 0) is 25.7 Å². The zero-order valence-corrected chi connectivity index (χ0v) is 22.9. The van der Waals surface area contributed by atoms with Gasteiger partial charge in [0, 0.05) is 37.8 Å². The molecule has 0 bridgehead atoms. The van der Waals surface area contributed by atoms with Gasteiger partial charge >= 0.3 is 0 Å². The lowest BCUT2D eigenvalue weighted by Crippen LogP contribution is -2.35. The van der Waals surface area contributed by atoms with Crippen LogP contribution in [0.1, 0.15) is 68.1 Å². The second-order valence-corrected chi connectivity index (χ2v) is 8.41. The van der Waals surface area contributed by atoms with Crippen LogP contribution in [-0.4, -0.2) is 57.8 Å². The number of nitrogens with zero attached hydrogens (tertiary/aromatic N) is 2. The van der Waals surface area contributed by atoms with Crippen molar-refractivity contribution in [3.05, 3.63) is 58.8 Å². The molecule has 0 aromatic carbocycles. The molecule has 0 saturated carbocycles. The van der Waals surface area contributed by atoms with Crippen molar-refractivity contribution in [1.82, 2.24) is 25.5 Å². The van der Waals surface area contributed by atoms with Crippen molar-refractivity contribution >= 4 is 41.4 Å². The fraction of sp³-hybridized carbons (Fsp3) is 0.385. The standard InChI is InChI=1S/C14H19N3O5.C12H15N3O3/c1-4-15-13(21)11(19)6-5-8(2)16-12(20)10-7-22-14(17-10)9(3)18;1-3-9(2)14-11(17)7-15-6-4-5-10(12(15)18)13-8-16/h7-8H,4-6H2,1-3H3,(H,15,21)(H,16,20);4-6,8H,2-3,7H2,1H3,(H,13,16)(H,14,17). The van der Waals surface area contributed by atoms with E-state index in [0.717, 1.165) is 6.26 Å². The number of amides is 4. The maximum atomic E-state index is 11.9. The van der Waals surface area contributed by atoms with E-state index in [-0.39, 0.29) is 48.0 Å². The summed E-state index contributed by atoms with van der Waals surface area (Å²) in [7, 11) is 0. The predicted molar refractivity (Wildman–Crippen MR) is 144 cm³/mol. The van der Waals surface area contributed by atoms with Crippen LogP contribution in [0.3, 0.4) is 0 Å². The highest BCUT2D eigenvalue weighted by atomic mass is 16.3. The summed E-state index contributed by atoms with van der Waals surface area (Å²) in [6, 6.07) is 2.72. The molecule has 14 heteroatoms. The quantitative estimate of drug-likeness (QED) is 0.148. The molecule has 0 aliphatic rings. The molecule has 216 valence electrons. The third kappa shape index (κ3) is 11.2. The average Bonchev–Trinajstić information content (AvgIpc) is 3.41. The molecule has 0 aliphatic carbocycles. The molecule has 4 N–H and O–H groups in total. The summed E-state index contributed by atoms with van der Waals surface area (Å²) in [6.45, 7) is 10.5. The monoisotopic (exact) mass is 558 g/mol. The topological polar surface area (TPSA) is 199 Å². The molecule has 1 atom stereocenters. The summed E-state index contributed by atoms with van der Waals surface area (Å²) in [5, 5.41) is 9.89. The predicted octanol–water partition coefficient (Wildman–Crippen LogP) is 0.937. The SMILES string of the molecule is C=C(CC)NC(=O)Cn1cccc(NC=O)c1=O.CCNC(=O)C(=O)CCC(C)NC(=O)c1coc(C(C)=O)n1. The van der Waals surface area contributed by atoms with Crippen LogP contribution in [0.25, 0.3) is 0 Å². The molecule has 0 fully saturated rings. The normalized spacial score (nSPS) is 10.7. The van der Waals surface area contributed by atoms with Crippen LogP contribution in [0.5, 0.6) is 0 Å². The van der Waals surface area contributed by atoms with E-state index >= 15 is 0 Å². The molecule has 40 heavy (non-hydrogen) atoms. The Morgan fingerprint density at radius 2 is 1.90 bits per heavy atom. The number of Topliss-reactive ketones (excluding diaryl/α,β-unsaturated/α-hetero) is 2. The highest BCUT2D eigenvalue weighted by Crippen LogP contribution is 2.05. The van der Waals surface area contributed by atoms with Gasteiger partial charge in [0.15, 0.2) is 5.69 Å². The molecule has 14 nitrogen and oxygen atoms in total. The zero-order chi connectivity index (χ0) is 30.2. The molecule has 1 unspecified atom stereocenters. The number of nitrogens with one attached hydrogen (secondary N) is 4. The summed E-state index contributed by atoms with van der Waals surface area (Å²) in [5.74, 6) is -2.49. The molecule has 0 aliphatic heterocycles. The highest BCUT2D eigenvalue weighted by molar-refractivity contribution is 6.36.